The van der Waals surface area contributed by atoms with E-state index in [0.717, 1.165) is 21.6 Å². The van der Waals surface area contributed by atoms with Gasteiger partial charge in [0.1, 0.15) is 5.75 Å². The second kappa shape index (κ2) is 10.5. The molecule has 0 aliphatic rings. The van der Waals surface area contributed by atoms with E-state index in [-0.39, 0.29) is 17.8 Å². The summed E-state index contributed by atoms with van der Waals surface area (Å²) < 4.78 is 8.96. The maximum absolute atomic E-state index is 12.4. The van der Waals surface area contributed by atoms with E-state index in [1.165, 1.54) is 17.3 Å². The molecule has 0 aliphatic carbocycles. The second-order valence-electron chi connectivity index (χ2n) is 7.08. The first-order chi connectivity index (χ1) is 14.8. The summed E-state index contributed by atoms with van der Waals surface area (Å²) in [7, 11) is 0. The van der Waals surface area contributed by atoms with Crippen molar-refractivity contribution in [1.82, 2.24) is 14.8 Å². The smallest absolute Gasteiger partial charge is 0.234 e. The Labute approximate surface area is 199 Å². The molecule has 0 radical (unpaired) electrons. The van der Waals surface area contributed by atoms with Crippen molar-refractivity contribution >= 4 is 50.9 Å². The molecule has 1 aromatic heterocycles. The molecular weight excluding hydrogens is 500 g/mol. The molecule has 0 spiro atoms. The molecular formula is C22H24BrClN4O2S. The molecule has 6 nitrogen and oxygen atoms in total. The molecule has 0 saturated carbocycles. The summed E-state index contributed by atoms with van der Waals surface area (Å²) in [4.78, 5) is 12.4. The zero-order valence-electron chi connectivity index (χ0n) is 17.8. The van der Waals surface area contributed by atoms with Crippen molar-refractivity contribution in [2.45, 2.75) is 45.5 Å². The maximum atomic E-state index is 12.4. The Morgan fingerprint density at radius 1 is 1.26 bits per heavy atom. The Morgan fingerprint density at radius 3 is 2.71 bits per heavy atom. The number of carbonyl (C=O) groups is 1. The Balaban J connectivity index is 1.65. The number of halogens is 2. The number of hydrogen-bond donors (Lipinski definition) is 1. The highest BCUT2D eigenvalue weighted by molar-refractivity contribution is 9.10. The Morgan fingerprint density at radius 2 is 2.03 bits per heavy atom. The van der Waals surface area contributed by atoms with E-state index in [9.17, 15) is 4.79 Å². The van der Waals surface area contributed by atoms with E-state index >= 15 is 0 Å². The minimum Gasteiger partial charge on any atom is -0.482 e. The number of anilines is 1. The van der Waals surface area contributed by atoms with Gasteiger partial charge in [0.05, 0.1) is 16.5 Å². The normalized spacial score (nSPS) is 11.9. The Kier molecular flexibility index (Phi) is 8.02. The molecule has 1 heterocycles. The lowest BCUT2D eigenvalue weighted by Crippen LogP contribution is -2.15. The number of ether oxygens (including phenoxy) is 1. The minimum atomic E-state index is -0.279. The van der Waals surface area contributed by atoms with Crippen LogP contribution in [0.4, 0.5) is 5.69 Å². The molecule has 0 bridgehead atoms. The fourth-order valence-electron chi connectivity index (χ4n) is 3.09. The zero-order valence-corrected chi connectivity index (χ0v) is 20.9. The van der Waals surface area contributed by atoms with Crippen LogP contribution in [0.15, 0.2) is 46.0 Å². The highest BCUT2D eigenvalue weighted by Crippen LogP contribution is 2.28. The third kappa shape index (κ3) is 6.02. The van der Waals surface area contributed by atoms with Gasteiger partial charge >= 0.3 is 0 Å². The van der Waals surface area contributed by atoms with Crippen molar-refractivity contribution in [2.24, 2.45) is 0 Å². The van der Waals surface area contributed by atoms with Gasteiger partial charge in [-0.1, -0.05) is 57.0 Å². The molecule has 2 aromatic carbocycles. The van der Waals surface area contributed by atoms with Gasteiger partial charge in [0.15, 0.2) is 17.1 Å². The van der Waals surface area contributed by atoms with Crippen molar-refractivity contribution < 1.29 is 9.53 Å². The Hall–Kier alpha value is -2.03. The van der Waals surface area contributed by atoms with Gasteiger partial charge in [-0.15, -0.1) is 10.2 Å². The highest BCUT2D eigenvalue weighted by atomic mass is 79.9. The number of nitrogens with zero attached hydrogens (tertiary/aromatic N) is 3. The number of thioether (sulfide) groups is 1. The molecule has 3 aromatic rings. The zero-order chi connectivity index (χ0) is 22.5. The second-order valence-corrected chi connectivity index (χ2v) is 9.34. The third-order valence-electron chi connectivity index (χ3n) is 4.60. The van der Waals surface area contributed by atoms with Crippen molar-refractivity contribution in [3.05, 3.63) is 62.8 Å². The van der Waals surface area contributed by atoms with Crippen LogP contribution in [0, 0.1) is 13.8 Å². The molecule has 3 rings (SSSR count). The predicted molar refractivity (Wildman–Crippen MR) is 129 cm³/mol. The van der Waals surface area contributed by atoms with Crippen LogP contribution in [-0.2, 0) is 11.3 Å². The number of aryl methyl sites for hydroxylation is 2. The van der Waals surface area contributed by atoms with Crippen LogP contribution in [0.2, 0.25) is 5.02 Å². The number of nitrogens with one attached hydrogen (secondary N) is 1. The lowest BCUT2D eigenvalue weighted by atomic mass is 10.1. The highest BCUT2D eigenvalue weighted by Gasteiger charge is 2.20. The molecule has 1 unspecified atom stereocenters. The maximum Gasteiger partial charge on any atom is 0.234 e. The van der Waals surface area contributed by atoms with Crippen LogP contribution in [0.3, 0.4) is 0 Å². The average molecular weight is 524 g/mol. The van der Waals surface area contributed by atoms with Gasteiger partial charge in [-0.3, -0.25) is 4.79 Å². The fourth-order valence-corrected chi connectivity index (χ4v) is 4.62. The monoisotopic (exact) mass is 522 g/mol. The van der Waals surface area contributed by atoms with Crippen LogP contribution < -0.4 is 10.1 Å². The van der Waals surface area contributed by atoms with E-state index in [1.54, 1.807) is 12.1 Å². The van der Waals surface area contributed by atoms with Gasteiger partial charge in [0.2, 0.25) is 5.91 Å². The first-order valence-corrected chi connectivity index (χ1v) is 12.0. The van der Waals surface area contributed by atoms with Crippen LogP contribution in [0.1, 0.15) is 36.9 Å². The molecule has 0 fully saturated rings. The van der Waals surface area contributed by atoms with Gasteiger partial charge in [0, 0.05) is 11.0 Å². The number of hydrogen-bond acceptors (Lipinski definition) is 5. The SMILES string of the molecule is CCn1c(SCC(=O)Nc2ccc(Br)cc2Cl)nnc1C(C)Oc1ccc(C)cc1C. The van der Waals surface area contributed by atoms with Gasteiger partial charge in [-0.25, -0.2) is 0 Å². The van der Waals surface area contributed by atoms with E-state index in [2.05, 4.69) is 44.4 Å². The summed E-state index contributed by atoms with van der Waals surface area (Å²) in [5.41, 5.74) is 2.84. The average Bonchev–Trinajstić information content (AvgIpc) is 3.13. The molecule has 0 aliphatic heterocycles. The standard InChI is InChI=1S/C22H24BrClN4O2S/c1-5-28-21(15(4)30-19-9-6-13(2)10-14(19)3)26-27-22(28)31-12-20(29)25-18-8-7-16(23)11-17(18)24/h6-11,15H,5,12H2,1-4H3,(H,25,29). The van der Waals surface area contributed by atoms with E-state index < -0.39 is 0 Å². The van der Waals surface area contributed by atoms with Crippen LogP contribution in [0.5, 0.6) is 5.75 Å². The number of benzene rings is 2. The first kappa shape index (κ1) is 23.6. The van der Waals surface area contributed by atoms with E-state index in [0.29, 0.717) is 22.4 Å². The topological polar surface area (TPSA) is 69.0 Å². The summed E-state index contributed by atoms with van der Waals surface area (Å²) >= 11 is 10.8. The predicted octanol–water partition coefficient (Wildman–Crippen LogP) is 6.20. The molecule has 9 heteroatoms. The number of aromatic nitrogens is 3. The van der Waals surface area contributed by atoms with Crippen molar-refractivity contribution in [3.8, 4) is 5.75 Å². The molecule has 164 valence electrons. The van der Waals surface area contributed by atoms with Crippen LogP contribution in [0.25, 0.3) is 0 Å². The summed E-state index contributed by atoms with van der Waals surface area (Å²) in [5, 5.41) is 12.6. The lowest BCUT2D eigenvalue weighted by molar-refractivity contribution is -0.113. The van der Waals surface area contributed by atoms with Gasteiger partial charge in [0.25, 0.3) is 0 Å². The minimum absolute atomic E-state index is 0.166. The molecule has 1 amide bonds. The lowest BCUT2D eigenvalue weighted by Gasteiger charge is -2.17. The van der Waals surface area contributed by atoms with Crippen molar-refractivity contribution in [3.63, 3.8) is 0 Å². The molecule has 31 heavy (non-hydrogen) atoms. The van der Waals surface area contributed by atoms with Gasteiger partial charge in [-0.2, -0.15) is 0 Å². The quantitative estimate of drug-likeness (QED) is 0.356. The third-order valence-corrected chi connectivity index (χ3v) is 6.37. The largest absolute Gasteiger partial charge is 0.482 e. The molecule has 1 N–H and O–H groups in total. The summed E-state index contributed by atoms with van der Waals surface area (Å²) in [6, 6.07) is 11.4. The summed E-state index contributed by atoms with van der Waals surface area (Å²) in [6.45, 7) is 8.72. The van der Waals surface area contributed by atoms with E-state index in [1.807, 2.05) is 43.5 Å². The van der Waals surface area contributed by atoms with E-state index in [4.69, 9.17) is 16.3 Å². The van der Waals surface area contributed by atoms with Crippen molar-refractivity contribution in [2.75, 3.05) is 11.1 Å². The summed E-state index contributed by atoms with van der Waals surface area (Å²) in [6.07, 6.45) is -0.279. The first-order valence-electron chi connectivity index (χ1n) is 9.83. The van der Waals surface area contributed by atoms with Crippen LogP contribution >= 0.6 is 39.3 Å². The van der Waals surface area contributed by atoms with Crippen molar-refractivity contribution in [1.29, 1.82) is 0 Å². The molecule has 0 saturated heterocycles. The summed E-state index contributed by atoms with van der Waals surface area (Å²) in [5.74, 6) is 1.57. The van der Waals surface area contributed by atoms with Gasteiger partial charge in [-0.05, 0) is 57.5 Å². The number of rotatable bonds is 8. The number of amides is 1. The van der Waals surface area contributed by atoms with Gasteiger partial charge < -0.3 is 14.6 Å². The Bertz CT molecular complexity index is 1090. The van der Waals surface area contributed by atoms with Crippen LogP contribution in [-0.4, -0.2) is 26.4 Å². The fraction of sp³-hybridized carbons (Fsp3) is 0.318. The number of carbonyl (C=O) groups excluding carboxylic acids is 1. The molecule has 1 atom stereocenters.